The van der Waals surface area contributed by atoms with Crippen LogP contribution in [0.4, 0.5) is 0 Å². The molecule has 4 nitrogen and oxygen atoms in total. The Bertz CT molecular complexity index is 202. The van der Waals surface area contributed by atoms with Crippen molar-refractivity contribution in [1.82, 2.24) is 0 Å². The van der Waals surface area contributed by atoms with Gasteiger partial charge in [-0.25, -0.2) is 0 Å². The molecule has 1 rings (SSSR count). The van der Waals surface area contributed by atoms with Crippen LogP contribution in [0, 0.1) is 10.1 Å². The number of rotatable bonds is 4. The Morgan fingerprint density at radius 2 is 1.92 bits per heavy atom. The van der Waals surface area contributed by atoms with Crippen LogP contribution in [0.15, 0.2) is 0 Å². The summed E-state index contributed by atoms with van der Waals surface area (Å²) in [7, 11) is -0.969. The molecular weight excluding hydrogens is 190 g/mol. The lowest BCUT2D eigenvalue weighted by Crippen LogP contribution is -2.23. The summed E-state index contributed by atoms with van der Waals surface area (Å²) in [5.41, 5.74) is 0. The van der Waals surface area contributed by atoms with E-state index in [2.05, 4.69) is 0 Å². The summed E-state index contributed by atoms with van der Waals surface area (Å²) in [5.74, 6) is 0.234. The molecule has 1 fully saturated rings. The van der Waals surface area contributed by atoms with Crippen molar-refractivity contribution in [3.05, 3.63) is 10.1 Å². The zero-order valence-electron chi connectivity index (χ0n) is 7.61. The van der Waals surface area contributed by atoms with Gasteiger partial charge in [0.2, 0.25) is 6.54 Å². The van der Waals surface area contributed by atoms with E-state index < -0.39 is 10.8 Å². The Labute approximate surface area is 80.3 Å². The SMILES string of the molecule is O=[N+]([O-])CC[S@](=O)C1CCCCC1. The van der Waals surface area contributed by atoms with Crippen molar-refractivity contribution in [3.63, 3.8) is 0 Å². The van der Waals surface area contributed by atoms with Crippen LogP contribution in [0.1, 0.15) is 32.1 Å². The lowest BCUT2D eigenvalue weighted by atomic mass is 10.0. The van der Waals surface area contributed by atoms with Crippen molar-refractivity contribution in [2.45, 2.75) is 37.4 Å². The molecule has 0 aliphatic heterocycles. The topological polar surface area (TPSA) is 60.2 Å². The molecule has 0 heterocycles. The van der Waals surface area contributed by atoms with Gasteiger partial charge >= 0.3 is 0 Å². The molecule has 13 heavy (non-hydrogen) atoms. The maximum Gasteiger partial charge on any atom is 0.215 e. The van der Waals surface area contributed by atoms with Gasteiger partial charge in [0.15, 0.2) is 0 Å². The third-order valence-corrected chi connectivity index (χ3v) is 4.20. The number of nitro groups is 1. The molecule has 76 valence electrons. The molecule has 0 amide bonds. The van der Waals surface area contributed by atoms with Gasteiger partial charge in [0.25, 0.3) is 0 Å². The van der Waals surface area contributed by atoms with E-state index in [-0.39, 0.29) is 22.5 Å². The molecule has 0 aromatic rings. The first-order valence-electron chi connectivity index (χ1n) is 4.69. The highest BCUT2D eigenvalue weighted by Crippen LogP contribution is 2.21. The van der Waals surface area contributed by atoms with Crippen LogP contribution in [0.3, 0.4) is 0 Å². The molecule has 0 spiro atoms. The number of hydrogen-bond acceptors (Lipinski definition) is 3. The molecule has 1 aliphatic carbocycles. The van der Waals surface area contributed by atoms with E-state index in [0.717, 1.165) is 25.7 Å². The van der Waals surface area contributed by atoms with Crippen molar-refractivity contribution in [1.29, 1.82) is 0 Å². The fourth-order valence-corrected chi connectivity index (χ4v) is 3.18. The second kappa shape index (κ2) is 5.32. The monoisotopic (exact) mass is 205 g/mol. The lowest BCUT2D eigenvalue weighted by molar-refractivity contribution is -0.474. The molecule has 0 unspecified atom stereocenters. The third-order valence-electron chi connectivity index (χ3n) is 2.40. The Hall–Kier alpha value is -0.450. The molecule has 1 aliphatic rings. The summed E-state index contributed by atoms with van der Waals surface area (Å²) in [6.45, 7) is -0.150. The minimum Gasteiger partial charge on any atom is -0.265 e. The van der Waals surface area contributed by atoms with Crippen LogP contribution in [0.2, 0.25) is 0 Å². The average Bonchev–Trinajstić information content (AvgIpc) is 2.15. The van der Waals surface area contributed by atoms with Crippen molar-refractivity contribution in [3.8, 4) is 0 Å². The summed E-state index contributed by atoms with van der Waals surface area (Å²) < 4.78 is 11.5. The first-order chi connectivity index (χ1) is 6.20. The standard InChI is InChI=1S/C8H15NO3S/c10-9(11)6-7-13(12)8-4-2-1-3-5-8/h8H,1-7H2/t13-/m0/s1. The number of hydrogen-bond donors (Lipinski definition) is 0. The van der Waals surface area contributed by atoms with Gasteiger partial charge in [-0.15, -0.1) is 0 Å². The van der Waals surface area contributed by atoms with E-state index in [9.17, 15) is 14.3 Å². The van der Waals surface area contributed by atoms with Crippen LogP contribution < -0.4 is 0 Å². The summed E-state index contributed by atoms with van der Waals surface area (Å²) in [5, 5.41) is 10.3. The summed E-state index contributed by atoms with van der Waals surface area (Å²) in [6, 6.07) is 0. The van der Waals surface area contributed by atoms with Crippen LogP contribution in [-0.4, -0.2) is 26.7 Å². The zero-order valence-corrected chi connectivity index (χ0v) is 8.42. The molecule has 0 aromatic heterocycles. The van der Waals surface area contributed by atoms with Gasteiger partial charge in [0, 0.05) is 21.0 Å². The highest BCUT2D eigenvalue weighted by atomic mass is 32.2. The molecule has 0 bridgehead atoms. The van der Waals surface area contributed by atoms with Crippen molar-refractivity contribution >= 4 is 10.8 Å². The van der Waals surface area contributed by atoms with Crippen LogP contribution in [0.5, 0.6) is 0 Å². The molecule has 5 heteroatoms. The zero-order chi connectivity index (χ0) is 9.68. The van der Waals surface area contributed by atoms with E-state index in [1.54, 1.807) is 0 Å². The van der Waals surface area contributed by atoms with E-state index in [1.807, 2.05) is 0 Å². The van der Waals surface area contributed by atoms with Crippen molar-refractivity contribution in [2.24, 2.45) is 0 Å². The van der Waals surface area contributed by atoms with E-state index in [4.69, 9.17) is 0 Å². The Morgan fingerprint density at radius 1 is 1.31 bits per heavy atom. The first kappa shape index (κ1) is 10.6. The van der Waals surface area contributed by atoms with Gasteiger partial charge < -0.3 is 0 Å². The summed E-state index contributed by atoms with van der Waals surface area (Å²) in [6.07, 6.45) is 5.47. The molecular formula is C8H15NO3S. The predicted octanol–water partition coefficient (Wildman–Crippen LogP) is 1.34. The van der Waals surface area contributed by atoms with Crippen molar-refractivity contribution < 1.29 is 9.13 Å². The molecule has 0 radical (unpaired) electrons. The Kier molecular flexibility index (Phi) is 4.35. The van der Waals surface area contributed by atoms with E-state index in [1.165, 1.54) is 6.42 Å². The summed E-state index contributed by atoms with van der Waals surface area (Å²) in [4.78, 5) is 9.67. The third kappa shape index (κ3) is 3.85. The van der Waals surface area contributed by atoms with Gasteiger partial charge in [-0.3, -0.25) is 14.3 Å². The summed E-state index contributed by atoms with van der Waals surface area (Å²) >= 11 is 0. The molecule has 0 aromatic carbocycles. The molecule has 1 saturated carbocycles. The minimum absolute atomic E-state index is 0.150. The van der Waals surface area contributed by atoms with E-state index in [0.29, 0.717) is 0 Å². The van der Waals surface area contributed by atoms with Gasteiger partial charge in [0.05, 0.1) is 5.75 Å². The Morgan fingerprint density at radius 3 is 2.46 bits per heavy atom. The van der Waals surface area contributed by atoms with Gasteiger partial charge in [-0.1, -0.05) is 19.3 Å². The minimum atomic E-state index is -0.969. The van der Waals surface area contributed by atoms with Gasteiger partial charge in [-0.05, 0) is 12.8 Å². The van der Waals surface area contributed by atoms with Crippen LogP contribution in [0.25, 0.3) is 0 Å². The fourth-order valence-electron chi connectivity index (χ4n) is 1.66. The van der Waals surface area contributed by atoms with Crippen molar-refractivity contribution in [2.75, 3.05) is 12.3 Å². The molecule has 1 atom stereocenters. The average molecular weight is 205 g/mol. The highest BCUT2D eigenvalue weighted by molar-refractivity contribution is 7.85. The predicted molar refractivity (Wildman–Crippen MR) is 51.7 cm³/mol. The maximum absolute atomic E-state index is 11.5. The smallest absolute Gasteiger partial charge is 0.215 e. The first-order valence-corrected chi connectivity index (χ1v) is 6.07. The quantitative estimate of drug-likeness (QED) is 0.514. The Balaban J connectivity index is 2.25. The molecule has 0 saturated heterocycles. The second-order valence-electron chi connectivity index (χ2n) is 3.40. The van der Waals surface area contributed by atoms with Crippen LogP contribution in [-0.2, 0) is 10.8 Å². The second-order valence-corrected chi connectivity index (χ2v) is 5.24. The van der Waals surface area contributed by atoms with E-state index >= 15 is 0 Å². The maximum atomic E-state index is 11.5. The molecule has 0 N–H and O–H groups in total. The number of nitrogens with zero attached hydrogens (tertiary/aromatic N) is 1. The highest BCUT2D eigenvalue weighted by Gasteiger charge is 2.20. The van der Waals surface area contributed by atoms with Gasteiger partial charge in [-0.2, -0.15) is 0 Å². The lowest BCUT2D eigenvalue weighted by Gasteiger charge is -2.19. The largest absolute Gasteiger partial charge is 0.265 e. The van der Waals surface area contributed by atoms with Crippen LogP contribution >= 0.6 is 0 Å². The van der Waals surface area contributed by atoms with Gasteiger partial charge in [0.1, 0.15) is 0 Å². The fraction of sp³-hybridized carbons (Fsp3) is 1.00. The normalized spacial score (nSPS) is 21.2.